The van der Waals surface area contributed by atoms with Crippen LogP contribution in [0.5, 0.6) is 5.75 Å². The zero-order chi connectivity index (χ0) is 11.7. The molecule has 0 atom stereocenters. The minimum absolute atomic E-state index is 0.514. The summed E-state index contributed by atoms with van der Waals surface area (Å²) in [7, 11) is 0. The SMILES string of the molecule is Clc1ccccc1OCc1cncn1C1CC1. The molecule has 1 aromatic carbocycles. The van der Waals surface area contributed by atoms with Crippen LogP contribution in [0.4, 0.5) is 0 Å². The van der Waals surface area contributed by atoms with Crippen LogP contribution in [0.1, 0.15) is 24.6 Å². The van der Waals surface area contributed by atoms with E-state index in [9.17, 15) is 0 Å². The van der Waals surface area contributed by atoms with E-state index in [4.69, 9.17) is 16.3 Å². The lowest BCUT2D eigenvalue weighted by atomic mass is 10.3. The highest BCUT2D eigenvalue weighted by molar-refractivity contribution is 6.32. The largest absolute Gasteiger partial charge is 0.486 e. The molecule has 1 saturated carbocycles. The molecule has 0 spiro atoms. The fraction of sp³-hybridized carbons (Fsp3) is 0.308. The summed E-state index contributed by atoms with van der Waals surface area (Å²) in [4.78, 5) is 4.17. The highest BCUT2D eigenvalue weighted by Crippen LogP contribution is 2.36. The van der Waals surface area contributed by atoms with Crippen LogP contribution in [0.2, 0.25) is 5.02 Å². The second-order valence-corrected chi connectivity index (χ2v) is 4.65. The number of halogens is 1. The zero-order valence-electron chi connectivity index (χ0n) is 9.34. The van der Waals surface area contributed by atoms with Gasteiger partial charge in [0, 0.05) is 6.04 Å². The second kappa shape index (κ2) is 4.41. The first-order valence-corrected chi connectivity index (χ1v) is 6.10. The summed E-state index contributed by atoms with van der Waals surface area (Å²) in [6.07, 6.45) is 6.23. The molecule has 1 aliphatic rings. The first-order valence-electron chi connectivity index (χ1n) is 5.72. The molecule has 1 heterocycles. The minimum Gasteiger partial charge on any atom is -0.486 e. The van der Waals surface area contributed by atoms with Crippen molar-refractivity contribution in [3.8, 4) is 5.75 Å². The van der Waals surface area contributed by atoms with Gasteiger partial charge in [0.15, 0.2) is 0 Å². The molecule has 17 heavy (non-hydrogen) atoms. The van der Waals surface area contributed by atoms with Gasteiger partial charge in [-0.3, -0.25) is 0 Å². The molecule has 0 radical (unpaired) electrons. The van der Waals surface area contributed by atoms with Crippen molar-refractivity contribution in [1.29, 1.82) is 0 Å². The van der Waals surface area contributed by atoms with Crippen LogP contribution in [0.25, 0.3) is 0 Å². The van der Waals surface area contributed by atoms with Crippen LogP contribution >= 0.6 is 11.6 Å². The lowest BCUT2D eigenvalue weighted by Crippen LogP contribution is -2.03. The minimum atomic E-state index is 0.514. The standard InChI is InChI=1S/C13H13ClN2O/c14-12-3-1-2-4-13(12)17-8-11-7-15-9-16(11)10-5-6-10/h1-4,7,9-10H,5-6,8H2. The van der Waals surface area contributed by atoms with Crippen molar-refractivity contribution in [1.82, 2.24) is 9.55 Å². The number of para-hydroxylation sites is 1. The Bertz CT molecular complexity index is 520. The van der Waals surface area contributed by atoms with Crippen molar-refractivity contribution >= 4 is 11.6 Å². The van der Waals surface area contributed by atoms with Crippen LogP contribution in [-0.2, 0) is 6.61 Å². The van der Waals surface area contributed by atoms with Gasteiger partial charge in [0.25, 0.3) is 0 Å². The maximum absolute atomic E-state index is 6.03. The molecule has 0 aliphatic heterocycles. The zero-order valence-corrected chi connectivity index (χ0v) is 10.1. The summed E-state index contributed by atoms with van der Waals surface area (Å²) >= 11 is 6.03. The van der Waals surface area contributed by atoms with Crippen molar-refractivity contribution in [2.75, 3.05) is 0 Å². The molecular formula is C13H13ClN2O. The van der Waals surface area contributed by atoms with Crippen LogP contribution in [-0.4, -0.2) is 9.55 Å². The van der Waals surface area contributed by atoms with Crippen LogP contribution in [0.3, 0.4) is 0 Å². The van der Waals surface area contributed by atoms with Gasteiger partial charge < -0.3 is 9.30 Å². The first-order chi connectivity index (χ1) is 8.34. The predicted octanol–water partition coefficient (Wildman–Crippen LogP) is 3.45. The predicted molar refractivity (Wildman–Crippen MR) is 66.3 cm³/mol. The monoisotopic (exact) mass is 248 g/mol. The van der Waals surface area contributed by atoms with Crippen molar-refractivity contribution < 1.29 is 4.74 Å². The van der Waals surface area contributed by atoms with E-state index in [0.717, 1.165) is 11.4 Å². The molecule has 88 valence electrons. The van der Waals surface area contributed by atoms with Gasteiger partial charge in [0.1, 0.15) is 12.4 Å². The Morgan fingerprint density at radius 2 is 2.18 bits per heavy atom. The maximum atomic E-state index is 6.03. The molecule has 4 heteroatoms. The molecule has 3 nitrogen and oxygen atoms in total. The summed E-state index contributed by atoms with van der Waals surface area (Å²) in [6, 6.07) is 8.14. The summed E-state index contributed by atoms with van der Waals surface area (Å²) in [5.74, 6) is 0.720. The van der Waals surface area contributed by atoms with Crippen LogP contribution in [0, 0.1) is 0 Å². The molecule has 3 rings (SSSR count). The average Bonchev–Trinajstić information content (AvgIpc) is 3.08. The van der Waals surface area contributed by atoms with E-state index >= 15 is 0 Å². The number of hydrogen-bond acceptors (Lipinski definition) is 2. The highest BCUT2D eigenvalue weighted by Gasteiger charge is 2.25. The van der Waals surface area contributed by atoms with Gasteiger partial charge in [-0.1, -0.05) is 23.7 Å². The third-order valence-corrected chi connectivity index (χ3v) is 3.21. The van der Waals surface area contributed by atoms with E-state index < -0.39 is 0 Å². The first kappa shape index (κ1) is 10.7. The Morgan fingerprint density at radius 3 is 2.94 bits per heavy atom. The number of rotatable bonds is 4. The normalized spacial score (nSPS) is 14.9. The number of benzene rings is 1. The Kier molecular flexibility index (Phi) is 2.77. The number of nitrogens with zero attached hydrogens (tertiary/aromatic N) is 2. The smallest absolute Gasteiger partial charge is 0.138 e. The highest BCUT2D eigenvalue weighted by atomic mass is 35.5. The molecule has 0 amide bonds. The maximum Gasteiger partial charge on any atom is 0.138 e. The number of aromatic nitrogens is 2. The lowest BCUT2D eigenvalue weighted by Gasteiger charge is -2.09. The van der Waals surface area contributed by atoms with E-state index in [-0.39, 0.29) is 0 Å². The molecule has 1 aliphatic carbocycles. The molecule has 0 unspecified atom stereocenters. The molecule has 0 saturated heterocycles. The lowest BCUT2D eigenvalue weighted by molar-refractivity contribution is 0.295. The van der Waals surface area contributed by atoms with Crippen LogP contribution in [0.15, 0.2) is 36.8 Å². The third kappa shape index (κ3) is 2.29. The van der Waals surface area contributed by atoms with Gasteiger partial charge in [-0.05, 0) is 25.0 Å². The molecular weight excluding hydrogens is 236 g/mol. The summed E-state index contributed by atoms with van der Waals surface area (Å²) in [5.41, 5.74) is 1.10. The van der Waals surface area contributed by atoms with Crippen LogP contribution < -0.4 is 4.74 Å². The van der Waals surface area contributed by atoms with E-state index in [1.54, 1.807) is 0 Å². The van der Waals surface area contributed by atoms with Gasteiger partial charge in [-0.25, -0.2) is 4.98 Å². The van der Waals surface area contributed by atoms with E-state index in [1.165, 1.54) is 12.8 Å². The number of ether oxygens (including phenoxy) is 1. The molecule has 0 N–H and O–H groups in total. The van der Waals surface area contributed by atoms with Crippen molar-refractivity contribution in [2.24, 2.45) is 0 Å². The molecule has 0 bridgehead atoms. The van der Waals surface area contributed by atoms with Crippen molar-refractivity contribution in [2.45, 2.75) is 25.5 Å². The van der Waals surface area contributed by atoms with Gasteiger partial charge in [0.2, 0.25) is 0 Å². The summed E-state index contributed by atoms with van der Waals surface area (Å²) in [5, 5.41) is 0.644. The van der Waals surface area contributed by atoms with Gasteiger partial charge in [0.05, 0.1) is 23.2 Å². The Labute approximate surface area is 105 Å². The average molecular weight is 249 g/mol. The quantitative estimate of drug-likeness (QED) is 0.829. The number of hydrogen-bond donors (Lipinski definition) is 0. The third-order valence-electron chi connectivity index (χ3n) is 2.90. The molecule has 1 fully saturated rings. The summed E-state index contributed by atoms with van der Waals surface area (Å²) < 4.78 is 7.90. The molecule has 2 aromatic rings. The van der Waals surface area contributed by atoms with Gasteiger partial charge in [-0.2, -0.15) is 0 Å². The fourth-order valence-corrected chi connectivity index (χ4v) is 2.03. The molecule has 1 aromatic heterocycles. The van der Waals surface area contributed by atoms with E-state index in [0.29, 0.717) is 17.7 Å². The van der Waals surface area contributed by atoms with E-state index in [2.05, 4.69) is 9.55 Å². The fourth-order valence-electron chi connectivity index (χ4n) is 1.84. The van der Waals surface area contributed by atoms with E-state index in [1.807, 2.05) is 36.8 Å². The number of imidazole rings is 1. The van der Waals surface area contributed by atoms with Crippen molar-refractivity contribution in [3.63, 3.8) is 0 Å². The Morgan fingerprint density at radius 1 is 1.35 bits per heavy atom. The van der Waals surface area contributed by atoms with Crippen molar-refractivity contribution in [3.05, 3.63) is 47.5 Å². The van der Waals surface area contributed by atoms with Gasteiger partial charge in [-0.15, -0.1) is 0 Å². The summed E-state index contributed by atoms with van der Waals surface area (Å²) in [6.45, 7) is 0.514. The second-order valence-electron chi connectivity index (χ2n) is 4.24. The topological polar surface area (TPSA) is 27.1 Å². The Balaban J connectivity index is 1.71. The van der Waals surface area contributed by atoms with Gasteiger partial charge >= 0.3 is 0 Å². The Hall–Kier alpha value is -1.48.